The number of hydrogen-bond donors (Lipinski definition) is 0. The first-order chi connectivity index (χ1) is 25.6. The Hall–Kier alpha value is -6.64. The molecule has 0 aliphatic heterocycles. The van der Waals surface area contributed by atoms with Crippen molar-refractivity contribution in [2.24, 2.45) is 0 Å². The molecule has 0 aliphatic carbocycles. The van der Waals surface area contributed by atoms with Crippen molar-refractivity contribution in [3.63, 3.8) is 0 Å². The van der Waals surface area contributed by atoms with E-state index in [4.69, 9.17) is 0 Å². The molecule has 10 rings (SSSR count). The second-order valence-corrected chi connectivity index (χ2v) is 14.0. The van der Waals surface area contributed by atoms with Crippen molar-refractivity contribution in [2.45, 2.75) is 13.8 Å². The fourth-order valence-corrected chi connectivity index (χ4v) is 8.24. The first-order valence-electron chi connectivity index (χ1n) is 18.0. The number of fused-ring (bicyclic) bond motifs is 6. The maximum Gasteiger partial charge on any atom is 0.0541 e. The van der Waals surface area contributed by atoms with Crippen molar-refractivity contribution in [1.82, 2.24) is 9.13 Å². The van der Waals surface area contributed by atoms with Crippen LogP contribution in [0.2, 0.25) is 0 Å². The summed E-state index contributed by atoms with van der Waals surface area (Å²) in [6, 6.07) is 66.8. The summed E-state index contributed by atoms with van der Waals surface area (Å²) in [4.78, 5) is 0. The number of para-hydroxylation sites is 1. The average molecular weight is 665 g/mol. The zero-order chi connectivity index (χ0) is 34.8. The lowest BCUT2D eigenvalue weighted by atomic mass is 9.98. The smallest absolute Gasteiger partial charge is 0.0541 e. The molecule has 0 saturated heterocycles. The number of rotatable bonds is 5. The second kappa shape index (κ2) is 12.0. The molecule has 10 aromatic rings. The van der Waals surface area contributed by atoms with Gasteiger partial charge in [-0.25, -0.2) is 0 Å². The fraction of sp³-hybridized carbons (Fsp3) is 0.0400. The highest BCUT2D eigenvalue weighted by molar-refractivity contribution is 6.14. The highest BCUT2D eigenvalue weighted by atomic mass is 15.0. The van der Waals surface area contributed by atoms with E-state index in [1.165, 1.54) is 93.8 Å². The van der Waals surface area contributed by atoms with Crippen molar-refractivity contribution >= 4 is 43.6 Å². The van der Waals surface area contributed by atoms with E-state index in [1.807, 2.05) is 0 Å². The number of aromatic nitrogens is 2. The summed E-state index contributed by atoms with van der Waals surface area (Å²) >= 11 is 0. The van der Waals surface area contributed by atoms with Gasteiger partial charge >= 0.3 is 0 Å². The van der Waals surface area contributed by atoms with Gasteiger partial charge < -0.3 is 9.13 Å². The molecule has 0 amide bonds. The molecule has 2 heterocycles. The largest absolute Gasteiger partial charge is 0.309 e. The molecule has 0 unspecified atom stereocenters. The van der Waals surface area contributed by atoms with Gasteiger partial charge in [0.15, 0.2) is 0 Å². The van der Waals surface area contributed by atoms with E-state index in [9.17, 15) is 0 Å². The molecule has 0 spiro atoms. The highest BCUT2D eigenvalue weighted by Crippen LogP contribution is 2.40. The highest BCUT2D eigenvalue weighted by Gasteiger charge is 2.18. The molecule has 0 aliphatic rings. The Labute approximate surface area is 303 Å². The third kappa shape index (κ3) is 4.95. The van der Waals surface area contributed by atoms with Crippen LogP contribution in [0, 0.1) is 13.8 Å². The normalized spacial score (nSPS) is 11.7. The predicted molar refractivity (Wildman–Crippen MR) is 221 cm³/mol. The van der Waals surface area contributed by atoms with Gasteiger partial charge in [-0.1, -0.05) is 109 Å². The van der Waals surface area contributed by atoms with E-state index in [0.717, 1.165) is 5.69 Å². The molecule has 8 aromatic carbocycles. The number of benzene rings is 8. The van der Waals surface area contributed by atoms with Crippen molar-refractivity contribution in [3.05, 3.63) is 193 Å². The average Bonchev–Trinajstić information content (AvgIpc) is 3.70. The lowest BCUT2D eigenvalue weighted by Crippen LogP contribution is -1.95. The molecule has 0 saturated carbocycles. The lowest BCUT2D eigenvalue weighted by Gasteiger charge is -2.11. The van der Waals surface area contributed by atoms with Gasteiger partial charge in [-0.15, -0.1) is 0 Å². The lowest BCUT2D eigenvalue weighted by molar-refractivity contribution is 1.16. The Morgan fingerprint density at radius 3 is 0.981 bits per heavy atom. The number of aryl methyl sites for hydroxylation is 2. The van der Waals surface area contributed by atoms with Crippen LogP contribution < -0.4 is 0 Å². The summed E-state index contributed by atoms with van der Waals surface area (Å²) in [5.74, 6) is 0. The van der Waals surface area contributed by atoms with Crippen LogP contribution in [0.15, 0.2) is 182 Å². The van der Waals surface area contributed by atoms with E-state index >= 15 is 0 Å². The van der Waals surface area contributed by atoms with Crippen LogP contribution in [-0.4, -0.2) is 9.13 Å². The third-order valence-corrected chi connectivity index (χ3v) is 10.6. The van der Waals surface area contributed by atoms with Crippen LogP contribution in [0.3, 0.4) is 0 Å². The predicted octanol–water partition coefficient (Wildman–Crippen LogP) is 13.5. The SMILES string of the molecule is Cc1cc(C)cc(-n2c3ccc(-c4ccccc4)cc3c3cc(-c4ccc5c(c4)c4cc(-c6ccccc6)ccc4n5-c4ccccc4)ccc32)c1. The zero-order valence-corrected chi connectivity index (χ0v) is 29.2. The van der Waals surface area contributed by atoms with Gasteiger partial charge in [0.2, 0.25) is 0 Å². The maximum atomic E-state index is 2.44. The van der Waals surface area contributed by atoms with Gasteiger partial charge in [0.1, 0.15) is 0 Å². The standard InChI is InChI=1S/C50H36N2/c1-33-26-34(2)28-42(27-33)52-49-23-19-38(36-14-8-4-9-15-36)30-44(49)46-32-40(21-25-50(46)52)39-20-24-48-45(31-39)43-29-37(35-12-6-3-7-13-35)18-22-47(43)51(48)41-16-10-5-11-17-41/h3-32H,1-2H3. The van der Waals surface area contributed by atoms with Crippen LogP contribution in [0.5, 0.6) is 0 Å². The summed E-state index contributed by atoms with van der Waals surface area (Å²) in [6.07, 6.45) is 0. The first-order valence-corrected chi connectivity index (χ1v) is 18.0. The Morgan fingerprint density at radius 2 is 0.596 bits per heavy atom. The Balaban J connectivity index is 1.21. The van der Waals surface area contributed by atoms with Gasteiger partial charge in [-0.2, -0.15) is 0 Å². The van der Waals surface area contributed by atoms with Crippen molar-refractivity contribution < 1.29 is 0 Å². The van der Waals surface area contributed by atoms with E-state index in [0.29, 0.717) is 0 Å². The summed E-state index contributed by atoms with van der Waals surface area (Å²) < 4.78 is 4.83. The minimum atomic E-state index is 1.16. The molecule has 0 radical (unpaired) electrons. The molecule has 2 aromatic heterocycles. The van der Waals surface area contributed by atoms with Gasteiger partial charge in [0, 0.05) is 32.9 Å². The minimum absolute atomic E-state index is 1.16. The van der Waals surface area contributed by atoms with Crippen molar-refractivity contribution in [1.29, 1.82) is 0 Å². The second-order valence-electron chi connectivity index (χ2n) is 14.0. The van der Waals surface area contributed by atoms with E-state index in [2.05, 4.69) is 205 Å². The van der Waals surface area contributed by atoms with Crippen LogP contribution in [0.25, 0.3) is 88.4 Å². The molecule has 0 fully saturated rings. The van der Waals surface area contributed by atoms with Crippen LogP contribution in [0.1, 0.15) is 11.1 Å². The monoisotopic (exact) mass is 664 g/mol. The zero-order valence-electron chi connectivity index (χ0n) is 29.2. The quantitative estimate of drug-likeness (QED) is 0.173. The molecule has 0 bridgehead atoms. The Morgan fingerprint density at radius 1 is 0.269 bits per heavy atom. The third-order valence-electron chi connectivity index (χ3n) is 10.6. The van der Waals surface area contributed by atoms with Crippen molar-refractivity contribution in [3.8, 4) is 44.8 Å². The molecule has 2 nitrogen and oxygen atoms in total. The van der Waals surface area contributed by atoms with Crippen LogP contribution in [0.4, 0.5) is 0 Å². The molecule has 2 heteroatoms. The van der Waals surface area contributed by atoms with Gasteiger partial charge in [-0.05, 0) is 131 Å². The molecule has 52 heavy (non-hydrogen) atoms. The van der Waals surface area contributed by atoms with E-state index in [1.54, 1.807) is 0 Å². The summed E-state index contributed by atoms with van der Waals surface area (Å²) in [6.45, 7) is 4.37. The fourth-order valence-electron chi connectivity index (χ4n) is 8.24. The molecule has 0 N–H and O–H groups in total. The topological polar surface area (TPSA) is 9.86 Å². The Bertz CT molecular complexity index is 2930. The van der Waals surface area contributed by atoms with E-state index < -0.39 is 0 Å². The maximum absolute atomic E-state index is 2.44. The van der Waals surface area contributed by atoms with Gasteiger partial charge in [0.25, 0.3) is 0 Å². The number of hydrogen-bond acceptors (Lipinski definition) is 0. The van der Waals surface area contributed by atoms with E-state index in [-0.39, 0.29) is 0 Å². The molecule has 0 atom stereocenters. The molecular weight excluding hydrogens is 629 g/mol. The summed E-state index contributed by atoms with van der Waals surface area (Å²) in [7, 11) is 0. The summed E-state index contributed by atoms with van der Waals surface area (Å²) in [5, 5.41) is 5.01. The van der Waals surface area contributed by atoms with Gasteiger partial charge in [-0.3, -0.25) is 0 Å². The minimum Gasteiger partial charge on any atom is -0.309 e. The van der Waals surface area contributed by atoms with Gasteiger partial charge in [0.05, 0.1) is 22.1 Å². The number of nitrogens with zero attached hydrogens (tertiary/aromatic N) is 2. The van der Waals surface area contributed by atoms with Crippen LogP contribution in [-0.2, 0) is 0 Å². The van der Waals surface area contributed by atoms with Crippen molar-refractivity contribution in [2.75, 3.05) is 0 Å². The molecular formula is C50H36N2. The van der Waals surface area contributed by atoms with Crippen LogP contribution >= 0.6 is 0 Å². The first kappa shape index (κ1) is 30.2. The summed E-state index contributed by atoms with van der Waals surface area (Å²) in [5.41, 5.74) is 17.0. The molecule has 246 valence electrons. The Kier molecular flexibility index (Phi) is 6.97.